The van der Waals surface area contributed by atoms with E-state index in [1.54, 1.807) is 0 Å². The minimum Gasteiger partial charge on any atom is -0.309 e. The molecule has 4 nitrogen and oxygen atoms in total. The molecule has 40 heavy (non-hydrogen) atoms. The minimum absolute atomic E-state index is 0.907. The Labute approximate surface area is 230 Å². The Morgan fingerprint density at radius 1 is 0.525 bits per heavy atom. The molecule has 0 saturated carbocycles. The summed E-state index contributed by atoms with van der Waals surface area (Å²) in [5.74, 6) is 0.907. The summed E-state index contributed by atoms with van der Waals surface area (Å²) in [4.78, 5) is 9.74. The highest BCUT2D eigenvalue weighted by atomic mass is 15.1. The van der Waals surface area contributed by atoms with Crippen LogP contribution in [0.3, 0.4) is 0 Å². The molecular formula is C36H24N4. The largest absolute Gasteiger partial charge is 0.309 e. The summed E-state index contributed by atoms with van der Waals surface area (Å²) in [5.41, 5.74) is 7.85. The summed E-state index contributed by atoms with van der Waals surface area (Å²) in [7, 11) is 0. The summed E-state index contributed by atoms with van der Waals surface area (Å²) >= 11 is 0. The van der Waals surface area contributed by atoms with Crippen molar-refractivity contribution in [3.05, 3.63) is 121 Å². The number of fused-ring (bicyclic) bond motifs is 11. The van der Waals surface area contributed by atoms with E-state index < -0.39 is 0 Å². The van der Waals surface area contributed by atoms with Crippen LogP contribution in [0.4, 0.5) is 0 Å². The number of allylic oxidation sites excluding steroid dienone is 1. The maximum Gasteiger partial charge on any atom is 0.138 e. The summed E-state index contributed by atoms with van der Waals surface area (Å²) in [6, 6.07) is 39.4. The van der Waals surface area contributed by atoms with Gasteiger partial charge in [-0.25, -0.2) is 4.98 Å². The molecule has 0 radical (unpaired) electrons. The Morgan fingerprint density at radius 3 is 2.02 bits per heavy atom. The Kier molecular flexibility index (Phi) is 4.41. The van der Waals surface area contributed by atoms with Gasteiger partial charge in [-0.2, -0.15) is 0 Å². The van der Waals surface area contributed by atoms with Gasteiger partial charge in [-0.3, -0.25) is 9.56 Å². The van der Waals surface area contributed by atoms with Crippen LogP contribution in [-0.4, -0.2) is 20.2 Å². The van der Waals surface area contributed by atoms with E-state index in [1.807, 2.05) is 6.21 Å². The fraction of sp³-hybridized carbons (Fsp3) is 0.0556. The van der Waals surface area contributed by atoms with Crippen LogP contribution < -0.4 is 0 Å². The highest BCUT2D eigenvalue weighted by Gasteiger charge is 2.18. The Morgan fingerprint density at radius 2 is 1.23 bits per heavy atom. The van der Waals surface area contributed by atoms with E-state index in [-0.39, 0.29) is 0 Å². The van der Waals surface area contributed by atoms with Crippen molar-refractivity contribution in [2.45, 2.75) is 12.8 Å². The van der Waals surface area contributed by atoms with Crippen LogP contribution >= 0.6 is 0 Å². The number of para-hydroxylation sites is 2. The van der Waals surface area contributed by atoms with Crippen LogP contribution in [-0.2, 0) is 0 Å². The van der Waals surface area contributed by atoms with E-state index in [1.165, 1.54) is 48.9 Å². The van der Waals surface area contributed by atoms with Crippen molar-refractivity contribution in [3.63, 3.8) is 0 Å². The Hall–Kier alpha value is -5.22. The van der Waals surface area contributed by atoms with Crippen molar-refractivity contribution in [2.24, 2.45) is 4.99 Å². The lowest BCUT2D eigenvalue weighted by Crippen LogP contribution is -2.00. The van der Waals surface area contributed by atoms with E-state index in [4.69, 9.17) is 4.98 Å². The second-order valence-corrected chi connectivity index (χ2v) is 10.6. The quantitative estimate of drug-likeness (QED) is 0.213. The molecule has 0 unspecified atom stereocenters. The van der Waals surface area contributed by atoms with Crippen LogP contribution in [0, 0.1) is 0 Å². The molecule has 5 heterocycles. The standard InChI is InChI=1S/C36H24N4/c1-2-12-26-24(10-1)25-11-3-5-16-31(25)39-33-22-28-27-13-4-6-17-32(27)40(35(28)21-23(33)20-34(26)39)36-18-9-15-30(38-36)29-14-7-8-19-37-29/h1-6,9-22H,7-8H2. The predicted octanol–water partition coefficient (Wildman–Crippen LogP) is 9.10. The Bertz CT molecular complexity index is 2380. The maximum atomic E-state index is 5.12. The van der Waals surface area contributed by atoms with Gasteiger partial charge in [0.2, 0.25) is 0 Å². The number of rotatable bonds is 2. The van der Waals surface area contributed by atoms with Gasteiger partial charge in [0.15, 0.2) is 0 Å². The maximum absolute atomic E-state index is 5.12. The first-order valence-electron chi connectivity index (χ1n) is 13.8. The van der Waals surface area contributed by atoms with Crippen molar-refractivity contribution in [3.8, 4) is 5.82 Å². The van der Waals surface area contributed by atoms with Crippen molar-refractivity contribution in [1.29, 1.82) is 0 Å². The third kappa shape index (κ3) is 2.96. The molecule has 1 aliphatic rings. The smallest absolute Gasteiger partial charge is 0.138 e. The molecule has 9 rings (SSSR count). The zero-order valence-corrected chi connectivity index (χ0v) is 21.8. The van der Waals surface area contributed by atoms with Gasteiger partial charge in [-0.05, 0) is 60.7 Å². The molecule has 0 fully saturated rings. The molecule has 1 aliphatic heterocycles. The second-order valence-electron chi connectivity index (χ2n) is 10.6. The van der Waals surface area contributed by atoms with Crippen molar-refractivity contribution >= 4 is 71.8 Å². The zero-order chi connectivity index (χ0) is 26.2. The molecule has 8 aromatic rings. The van der Waals surface area contributed by atoms with Crippen molar-refractivity contribution in [2.75, 3.05) is 0 Å². The molecule has 4 heteroatoms. The van der Waals surface area contributed by atoms with E-state index >= 15 is 0 Å². The summed E-state index contributed by atoms with van der Waals surface area (Å²) in [6.07, 6.45) is 6.17. The first-order chi connectivity index (χ1) is 19.8. The number of aliphatic imine (C=N–C) groups is 1. The highest BCUT2D eigenvalue weighted by Crippen LogP contribution is 2.39. The van der Waals surface area contributed by atoms with Crippen molar-refractivity contribution < 1.29 is 0 Å². The zero-order valence-electron chi connectivity index (χ0n) is 21.8. The third-order valence-electron chi connectivity index (χ3n) is 8.32. The van der Waals surface area contributed by atoms with Crippen molar-refractivity contribution in [1.82, 2.24) is 14.0 Å². The first-order valence-corrected chi connectivity index (χ1v) is 13.8. The monoisotopic (exact) mass is 512 g/mol. The highest BCUT2D eigenvalue weighted by molar-refractivity contribution is 6.18. The molecule has 0 bridgehead atoms. The molecule has 0 N–H and O–H groups in total. The number of hydrogen-bond donors (Lipinski definition) is 0. The fourth-order valence-corrected chi connectivity index (χ4v) is 6.58. The van der Waals surface area contributed by atoms with E-state index in [0.29, 0.717) is 0 Å². The number of pyridine rings is 2. The first kappa shape index (κ1) is 21.7. The second kappa shape index (κ2) is 8.14. The predicted molar refractivity (Wildman–Crippen MR) is 168 cm³/mol. The van der Waals surface area contributed by atoms with Crippen LogP contribution in [0.1, 0.15) is 18.5 Å². The molecule has 0 saturated heterocycles. The number of aromatic nitrogens is 3. The van der Waals surface area contributed by atoms with Gasteiger partial charge >= 0.3 is 0 Å². The van der Waals surface area contributed by atoms with E-state index in [2.05, 4.69) is 129 Å². The lowest BCUT2D eigenvalue weighted by Gasteiger charge is -2.11. The number of benzene rings is 4. The van der Waals surface area contributed by atoms with E-state index in [9.17, 15) is 0 Å². The molecular weight excluding hydrogens is 488 g/mol. The number of nitrogens with zero attached hydrogens (tertiary/aromatic N) is 4. The molecule has 4 aromatic carbocycles. The van der Waals surface area contributed by atoms with Gasteiger partial charge in [0, 0.05) is 33.1 Å². The van der Waals surface area contributed by atoms with Gasteiger partial charge in [0.05, 0.1) is 39.0 Å². The fourth-order valence-electron chi connectivity index (χ4n) is 6.58. The van der Waals surface area contributed by atoms with Gasteiger partial charge in [0.1, 0.15) is 5.82 Å². The van der Waals surface area contributed by atoms with Crippen LogP contribution in [0.5, 0.6) is 0 Å². The molecule has 188 valence electrons. The molecule has 0 spiro atoms. The number of hydrogen-bond acceptors (Lipinski definition) is 2. The van der Waals surface area contributed by atoms with Gasteiger partial charge in [0.25, 0.3) is 0 Å². The normalized spacial score (nSPS) is 13.8. The van der Waals surface area contributed by atoms with Crippen LogP contribution in [0.2, 0.25) is 0 Å². The Balaban J connectivity index is 1.40. The average Bonchev–Trinajstić information content (AvgIpc) is 3.56. The molecule has 0 aliphatic carbocycles. The van der Waals surface area contributed by atoms with Crippen LogP contribution in [0.15, 0.2) is 120 Å². The molecule has 0 atom stereocenters. The topological polar surface area (TPSA) is 34.6 Å². The minimum atomic E-state index is 0.907. The lowest BCUT2D eigenvalue weighted by atomic mass is 10.1. The lowest BCUT2D eigenvalue weighted by molar-refractivity contribution is 1.05. The summed E-state index contributed by atoms with van der Waals surface area (Å²) in [6.45, 7) is 0. The SMILES string of the molecule is C1=NC(c2cccc(-n3c4ccccc4c4cc5c(cc43)cc3c4ccccc4c4ccccc4n53)n2)=CCC1. The third-order valence-corrected chi connectivity index (χ3v) is 8.32. The molecule has 0 amide bonds. The summed E-state index contributed by atoms with van der Waals surface area (Å²) < 4.78 is 4.74. The van der Waals surface area contributed by atoms with Crippen LogP contribution in [0.25, 0.3) is 71.4 Å². The van der Waals surface area contributed by atoms with Gasteiger partial charge in [-0.1, -0.05) is 72.8 Å². The van der Waals surface area contributed by atoms with Gasteiger partial charge in [-0.15, -0.1) is 0 Å². The molecule has 4 aromatic heterocycles. The summed E-state index contributed by atoms with van der Waals surface area (Å²) in [5, 5.41) is 7.49. The van der Waals surface area contributed by atoms with E-state index in [0.717, 1.165) is 41.1 Å². The average molecular weight is 513 g/mol. The van der Waals surface area contributed by atoms with Gasteiger partial charge < -0.3 is 4.40 Å².